The van der Waals surface area contributed by atoms with Gasteiger partial charge in [-0.05, 0) is 24.6 Å². The van der Waals surface area contributed by atoms with E-state index in [1.54, 1.807) is 12.1 Å². The van der Waals surface area contributed by atoms with Gasteiger partial charge in [0.05, 0.1) is 17.4 Å². The number of aromatic nitrogens is 4. The molecule has 0 aliphatic carbocycles. The second kappa shape index (κ2) is 5.35. The SMILES string of the molecule is Cc1cc(=O)[nH]c2cc(Nc3cc(N)c4ncc(C#N)n4n3)ccc12. The van der Waals surface area contributed by atoms with Gasteiger partial charge in [0.15, 0.2) is 17.2 Å². The third-order valence-electron chi connectivity index (χ3n) is 3.93. The molecule has 8 nitrogen and oxygen atoms in total. The largest absolute Gasteiger partial charge is 0.396 e. The molecule has 0 atom stereocenters. The van der Waals surface area contributed by atoms with E-state index in [9.17, 15) is 4.79 Å². The number of anilines is 3. The van der Waals surface area contributed by atoms with Gasteiger partial charge in [0, 0.05) is 23.2 Å². The first kappa shape index (κ1) is 14.7. The van der Waals surface area contributed by atoms with Crippen molar-refractivity contribution in [2.75, 3.05) is 11.1 Å². The third kappa shape index (κ3) is 2.44. The Balaban J connectivity index is 1.80. The van der Waals surface area contributed by atoms with Gasteiger partial charge in [0.25, 0.3) is 0 Å². The monoisotopic (exact) mass is 331 g/mol. The Bertz CT molecular complexity index is 1230. The predicted octanol–water partition coefficient (Wildman–Crippen LogP) is 2.08. The summed E-state index contributed by atoms with van der Waals surface area (Å²) in [6, 6.07) is 10.9. The summed E-state index contributed by atoms with van der Waals surface area (Å²) in [6.07, 6.45) is 1.42. The Morgan fingerprint density at radius 3 is 2.96 bits per heavy atom. The molecule has 3 heterocycles. The van der Waals surface area contributed by atoms with Gasteiger partial charge in [0.1, 0.15) is 6.07 Å². The van der Waals surface area contributed by atoms with Crippen LogP contribution in [-0.2, 0) is 0 Å². The van der Waals surface area contributed by atoms with Crippen LogP contribution in [0, 0.1) is 18.3 Å². The Labute approximate surface area is 141 Å². The molecule has 0 amide bonds. The molecule has 1 aromatic carbocycles. The van der Waals surface area contributed by atoms with Crippen molar-refractivity contribution in [1.29, 1.82) is 5.26 Å². The van der Waals surface area contributed by atoms with Gasteiger partial charge in [-0.3, -0.25) is 4.79 Å². The maximum atomic E-state index is 11.7. The van der Waals surface area contributed by atoms with Gasteiger partial charge in [-0.2, -0.15) is 9.78 Å². The number of nitrogen functional groups attached to an aromatic ring is 1. The molecule has 0 bridgehead atoms. The van der Waals surface area contributed by atoms with Crippen LogP contribution < -0.4 is 16.6 Å². The fourth-order valence-corrected chi connectivity index (χ4v) is 2.79. The van der Waals surface area contributed by atoms with Gasteiger partial charge in [-0.1, -0.05) is 6.07 Å². The van der Waals surface area contributed by atoms with E-state index in [0.29, 0.717) is 22.8 Å². The van der Waals surface area contributed by atoms with E-state index < -0.39 is 0 Å². The molecule has 0 unspecified atom stereocenters. The van der Waals surface area contributed by atoms with Gasteiger partial charge < -0.3 is 16.0 Å². The topological polar surface area (TPSA) is 125 Å². The number of hydrogen-bond acceptors (Lipinski definition) is 6. The summed E-state index contributed by atoms with van der Waals surface area (Å²) in [5.41, 5.74) is 9.34. The molecule has 4 aromatic rings. The quantitative estimate of drug-likeness (QED) is 0.516. The standard InChI is InChI=1S/C17H13N7O/c1-9-4-16(25)22-14-5-10(2-3-12(9)14)21-15-6-13(19)17-20-8-11(7-18)24(17)23-15/h2-6,8H,19H2,1H3,(H,21,23)(H,22,25). The predicted molar refractivity (Wildman–Crippen MR) is 94.7 cm³/mol. The lowest BCUT2D eigenvalue weighted by molar-refractivity contribution is 0.928. The molecule has 0 spiro atoms. The molecule has 0 saturated carbocycles. The van der Waals surface area contributed by atoms with Gasteiger partial charge >= 0.3 is 0 Å². The lowest BCUT2D eigenvalue weighted by atomic mass is 10.1. The molecule has 0 saturated heterocycles. The average molecular weight is 331 g/mol. The minimum atomic E-state index is -0.150. The van der Waals surface area contributed by atoms with Crippen LogP contribution in [0.15, 0.2) is 41.3 Å². The van der Waals surface area contributed by atoms with Crippen molar-refractivity contribution in [3.63, 3.8) is 0 Å². The maximum Gasteiger partial charge on any atom is 0.248 e. The van der Waals surface area contributed by atoms with Crippen molar-refractivity contribution in [2.45, 2.75) is 6.92 Å². The van der Waals surface area contributed by atoms with Crippen molar-refractivity contribution in [1.82, 2.24) is 19.6 Å². The number of nitrogens with two attached hydrogens (primary N) is 1. The number of aromatic amines is 1. The molecule has 3 aromatic heterocycles. The molecule has 0 aliphatic rings. The highest BCUT2D eigenvalue weighted by molar-refractivity contribution is 5.85. The van der Waals surface area contributed by atoms with E-state index >= 15 is 0 Å². The summed E-state index contributed by atoms with van der Waals surface area (Å²) in [5, 5.41) is 17.6. The third-order valence-corrected chi connectivity index (χ3v) is 3.93. The average Bonchev–Trinajstić information content (AvgIpc) is 2.98. The van der Waals surface area contributed by atoms with E-state index in [1.807, 2.05) is 31.2 Å². The van der Waals surface area contributed by atoms with E-state index in [4.69, 9.17) is 11.0 Å². The number of nitrogens with zero attached hydrogens (tertiary/aromatic N) is 4. The Hall–Kier alpha value is -3.86. The van der Waals surface area contributed by atoms with Crippen LogP contribution in [0.5, 0.6) is 0 Å². The van der Waals surface area contributed by atoms with E-state index in [-0.39, 0.29) is 5.56 Å². The zero-order valence-electron chi connectivity index (χ0n) is 13.2. The lowest BCUT2D eigenvalue weighted by Gasteiger charge is -2.09. The number of aryl methyl sites for hydroxylation is 1. The number of benzene rings is 1. The number of rotatable bonds is 2. The molecule has 4 N–H and O–H groups in total. The smallest absolute Gasteiger partial charge is 0.248 e. The Morgan fingerprint density at radius 1 is 1.32 bits per heavy atom. The van der Waals surface area contributed by atoms with Crippen molar-refractivity contribution in [3.05, 3.63) is 58.1 Å². The molecule has 0 radical (unpaired) electrons. The van der Waals surface area contributed by atoms with E-state index in [0.717, 1.165) is 22.2 Å². The van der Waals surface area contributed by atoms with Crippen LogP contribution in [0.3, 0.4) is 0 Å². The van der Waals surface area contributed by atoms with Crippen LogP contribution in [-0.4, -0.2) is 19.6 Å². The van der Waals surface area contributed by atoms with Crippen LogP contribution in [0.1, 0.15) is 11.3 Å². The van der Waals surface area contributed by atoms with Gasteiger partial charge in [0.2, 0.25) is 5.56 Å². The number of pyridine rings is 1. The minimum Gasteiger partial charge on any atom is -0.396 e. The minimum absolute atomic E-state index is 0.150. The number of fused-ring (bicyclic) bond motifs is 2. The molecule has 8 heteroatoms. The lowest BCUT2D eigenvalue weighted by Crippen LogP contribution is -2.06. The summed E-state index contributed by atoms with van der Waals surface area (Å²) < 4.78 is 1.39. The molecule has 0 fully saturated rings. The number of hydrogen-bond donors (Lipinski definition) is 3. The fourth-order valence-electron chi connectivity index (χ4n) is 2.79. The molecule has 0 aliphatic heterocycles. The Morgan fingerprint density at radius 2 is 2.16 bits per heavy atom. The van der Waals surface area contributed by atoms with E-state index in [1.165, 1.54) is 10.7 Å². The first-order valence-electron chi connectivity index (χ1n) is 7.50. The number of H-pyrrole nitrogens is 1. The molecule has 122 valence electrons. The van der Waals surface area contributed by atoms with E-state index in [2.05, 4.69) is 20.4 Å². The van der Waals surface area contributed by atoms with Crippen LogP contribution in [0.2, 0.25) is 0 Å². The molecular weight excluding hydrogens is 318 g/mol. The van der Waals surface area contributed by atoms with Crippen LogP contribution in [0.4, 0.5) is 17.2 Å². The highest BCUT2D eigenvalue weighted by Crippen LogP contribution is 2.23. The summed E-state index contributed by atoms with van der Waals surface area (Å²) >= 11 is 0. The number of nitrogens with one attached hydrogen (secondary N) is 2. The number of nitriles is 1. The van der Waals surface area contributed by atoms with Crippen molar-refractivity contribution in [3.8, 4) is 6.07 Å². The van der Waals surface area contributed by atoms with Crippen molar-refractivity contribution in [2.24, 2.45) is 0 Å². The van der Waals surface area contributed by atoms with Crippen molar-refractivity contribution < 1.29 is 0 Å². The first-order chi connectivity index (χ1) is 12.0. The number of imidazole rings is 1. The molecule has 25 heavy (non-hydrogen) atoms. The van der Waals surface area contributed by atoms with Crippen LogP contribution in [0.25, 0.3) is 16.6 Å². The highest BCUT2D eigenvalue weighted by atomic mass is 16.1. The second-order valence-corrected chi connectivity index (χ2v) is 5.68. The first-order valence-corrected chi connectivity index (χ1v) is 7.50. The normalized spacial score (nSPS) is 10.9. The fraction of sp³-hybridized carbons (Fsp3) is 0.0588. The summed E-state index contributed by atoms with van der Waals surface area (Å²) in [7, 11) is 0. The van der Waals surface area contributed by atoms with Gasteiger partial charge in [-0.15, -0.1) is 5.10 Å². The molecular formula is C17H13N7O. The van der Waals surface area contributed by atoms with Crippen LogP contribution >= 0.6 is 0 Å². The summed E-state index contributed by atoms with van der Waals surface area (Å²) in [6.45, 7) is 1.89. The highest BCUT2D eigenvalue weighted by Gasteiger charge is 2.10. The van der Waals surface area contributed by atoms with Gasteiger partial charge in [-0.25, -0.2) is 4.98 Å². The second-order valence-electron chi connectivity index (χ2n) is 5.68. The zero-order valence-corrected chi connectivity index (χ0v) is 13.2. The maximum absolute atomic E-state index is 11.7. The van der Waals surface area contributed by atoms with Crippen molar-refractivity contribution >= 4 is 33.7 Å². The summed E-state index contributed by atoms with van der Waals surface area (Å²) in [5.74, 6) is 0.467. The Kier molecular flexibility index (Phi) is 3.15. The zero-order chi connectivity index (χ0) is 17.6. The summed E-state index contributed by atoms with van der Waals surface area (Å²) in [4.78, 5) is 18.6. The molecule has 4 rings (SSSR count).